The molecule has 0 radical (unpaired) electrons. The van der Waals surface area contributed by atoms with Gasteiger partial charge in [0, 0.05) is 104 Å². The molecule has 5 atom stereocenters. The van der Waals surface area contributed by atoms with Gasteiger partial charge in [0.1, 0.15) is 41.1 Å². The molecule has 20 nitrogen and oxygen atoms in total. The predicted octanol–water partition coefficient (Wildman–Crippen LogP) is 7.57. The fraction of sp³-hybridized carbons (Fsp3) is 0.518. The van der Waals surface area contributed by atoms with E-state index >= 15 is 0 Å². The van der Waals surface area contributed by atoms with Crippen molar-refractivity contribution in [2.75, 3.05) is 81.2 Å². The average Bonchev–Trinajstić information content (AvgIpc) is 3.90. The molecule has 20 heteroatoms. The lowest BCUT2D eigenvalue weighted by atomic mass is 9.99. The molecule has 2 fully saturated rings. The van der Waals surface area contributed by atoms with Crippen LogP contribution in [0.15, 0.2) is 36.7 Å². The Morgan fingerprint density at radius 1 is 0.697 bits per heavy atom. The zero-order valence-electron chi connectivity index (χ0n) is 45.0. The van der Waals surface area contributed by atoms with Gasteiger partial charge in [-0.05, 0) is 122 Å². The molecule has 402 valence electrons. The molecule has 4 aliphatic heterocycles. The first-order chi connectivity index (χ1) is 36.6. The second-order valence-electron chi connectivity index (χ2n) is 20.5. The molecule has 8 rings (SSSR count). The van der Waals surface area contributed by atoms with Gasteiger partial charge in [-0.1, -0.05) is 27.7 Å². The van der Waals surface area contributed by atoms with Crippen molar-refractivity contribution >= 4 is 53.4 Å². The highest BCUT2D eigenvalue weighted by atomic mass is 16.5. The number of methoxy groups -OCH3 is 3. The minimum atomic E-state index is -0.408. The number of rotatable bonds is 17. The van der Waals surface area contributed by atoms with Crippen LogP contribution < -0.4 is 20.4 Å². The van der Waals surface area contributed by atoms with Gasteiger partial charge in [-0.3, -0.25) is 34.8 Å². The first kappa shape index (κ1) is 56.3. The number of urea groups is 2. The van der Waals surface area contributed by atoms with Gasteiger partial charge in [0.05, 0.1) is 22.9 Å². The molecule has 8 heterocycles. The molecule has 76 heavy (non-hydrogen) atoms. The van der Waals surface area contributed by atoms with Gasteiger partial charge in [0.2, 0.25) is 11.8 Å². The molecule has 6 amide bonds. The van der Waals surface area contributed by atoms with Gasteiger partial charge in [-0.25, -0.2) is 29.5 Å². The lowest BCUT2D eigenvalue weighted by molar-refractivity contribution is -0.131. The summed E-state index contributed by atoms with van der Waals surface area (Å²) in [5.41, 5.74) is 7.00. The van der Waals surface area contributed by atoms with Crippen molar-refractivity contribution in [2.24, 2.45) is 23.7 Å². The minimum absolute atomic E-state index is 0.0102. The number of amides is 6. The van der Waals surface area contributed by atoms with E-state index in [2.05, 4.69) is 43.8 Å². The van der Waals surface area contributed by atoms with Crippen molar-refractivity contribution in [1.29, 1.82) is 10.5 Å². The summed E-state index contributed by atoms with van der Waals surface area (Å²) in [7, 11) is 4.92. The number of hydrogen-bond donors (Lipinski definition) is 2. The maximum atomic E-state index is 13.5. The van der Waals surface area contributed by atoms with Gasteiger partial charge in [-0.2, -0.15) is 10.5 Å². The van der Waals surface area contributed by atoms with E-state index in [1.165, 1.54) is 17.3 Å². The summed E-state index contributed by atoms with van der Waals surface area (Å²) in [6, 6.07) is 11.1. The second-order valence-corrected chi connectivity index (χ2v) is 20.5. The first-order valence-electron chi connectivity index (χ1n) is 26.1. The summed E-state index contributed by atoms with van der Waals surface area (Å²) in [6.45, 7) is 14.2. The lowest BCUT2D eigenvalue weighted by Crippen LogP contribution is -2.40. The number of carbonyl (C=O) groups is 5. The van der Waals surface area contributed by atoms with E-state index in [0.717, 1.165) is 78.6 Å². The van der Waals surface area contributed by atoms with Crippen LogP contribution in [0.2, 0.25) is 0 Å². The number of nitriles is 2. The Labute approximate surface area is 445 Å². The Balaban J connectivity index is 0.000000221. The van der Waals surface area contributed by atoms with Crippen LogP contribution in [-0.2, 0) is 62.6 Å². The van der Waals surface area contributed by atoms with Crippen LogP contribution in [-0.4, -0.2) is 121 Å². The SMILES string of the molecule is COC[C@@H](C)Cc1cc(NC(=O)N2CCCc3cc(CN4CC[C@@H](C)C4=O)c(C(C)OC)nc32)ncc1C#N.COC[C@@H](C)Cc1cc(NC(=O)N2CCCc3cc(CN4CC[C@@H](C)C4=O)c(C=O)nc32)ncc1C#N. The van der Waals surface area contributed by atoms with Crippen LogP contribution in [0.5, 0.6) is 0 Å². The van der Waals surface area contributed by atoms with Gasteiger partial charge in [-0.15, -0.1) is 0 Å². The van der Waals surface area contributed by atoms with Crippen LogP contribution in [0.25, 0.3) is 0 Å². The number of nitrogens with one attached hydrogen (secondary N) is 2. The number of aromatic nitrogens is 4. The topological polar surface area (TPSA) is 249 Å². The van der Waals surface area contributed by atoms with Gasteiger partial charge in [0.15, 0.2) is 6.29 Å². The Kier molecular flexibility index (Phi) is 19.2. The Morgan fingerprint density at radius 3 is 1.58 bits per heavy atom. The number of fused-ring (bicyclic) bond motifs is 2. The lowest BCUT2D eigenvalue weighted by Gasteiger charge is -2.31. The molecule has 0 saturated carbocycles. The third-order valence-electron chi connectivity index (χ3n) is 14.5. The molecule has 0 aliphatic carbocycles. The van der Waals surface area contributed by atoms with Gasteiger partial charge >= 0.3 is 12.1 Å². The van der Waals surface area contributed by atoms with E-state index in [4.69, 9.17) is 19.2 Å². The molecule has 4 aromatic rings. The Hall–Kier alpha value is -7.39. The highest BCUT2D eigenvalue weighted by Crippen LogP contribution is 2.34. The summed E-state index contributed by atoms with van der Waals surface area (Å²) < 4.78 is 16.1. The zero-order valence-corrected chi connectivity index (χ0v) is 45.0. The second kappa shape index (κ2) is 25.9. The van der Waals surface area contributed by atoms with Crippen LogP contribution in [0.4, 0.5) is 32.9 Å². The largest absolute Gasteiger partial charge is 0.384 e. The van der Waals surface area contributed by atoms with E-state index in [9.17, 15) is 34.5 Å². The molecule has 0 spiro atoms. The van der Waals surface area contributed by atoms with Crippen LogP contribution >= 0.6 is 0 Å². The number of nitrogens with zero attached hydrogens (tertiary/aromatic N) is 10. The zero-order chi connectivity index (χ0) is 54.6. The van der Waals surface area contributed by atoms with Crippen LogP contribution in [0.1, 0.15) is 127 Å². The molecule has 4 aliphatic rings. The van der Waals surface area contributed by atoms with E-state index in [0.29, 0.717) is 105 Å². The fourth-order valence-electron chi connectivity index (χ4n) is 10.3. The molecule has 4 aromatic heterocycles. The van der Waals surface area contributed by atoms with Crippen molar-refractivity contribution in [3.05, 3.63) is 92.6 Å². The average molecular weight is 1040 g/mol. The van der Waals surface area contributed by atoms with E-state index in [1.807, 2.05) is 45.6 Å². The number of carbonyl (C=O) groups excluding carboxylic acids is 5. The third kappa shape index (κ3) is 13.3. The van der Waals surface area contributed by atoms with Crippen molar-refractivity contribution in [1.82, 2.24) is 29.7 Å². The molecule has 0 aromatic carbocycles. The smallest absolute Gasteiger partial charge is 0.328 e. The molecule has 2 N–H and O–H groups in total. The summed E-state index contributed by atoms with van der Waals surface area (Å²) in [5.74, 6) is 2.44. The summed E-state index contributed by atoms with van der Waals surface area (Å²) >= 11 is 0. The van der Waals surface area contributed by atoms with E-state index < -0.39 is 6.03 Å². The van der Waals surface area contributed by atoms with Crippen molar-refractivity contribution < 1.29 is 38.2 Å². The highest BCUT2D eigenvalue weighted by Gasteiger charge is 2.33. The minimum Gasteiger partial charge on any atom is -0.384 e. The van der Waals surface area contributed by atoms with Crippen molar-refractivity contribution in [3.8, 4) is 12.1 Å². The Bertz CT molecular complexity index is 2880. The summed E-state index contributed by atoms with van der Waals surface area (Å²) in [5, 5.41) is 24.7. The fourth-order valence-corrected chi connectivity index (χ4v) is 10.3. The van der Waals surface area contributed by atoms with Crippen LogP contribution in [0.3, 0.4) is 0 Å². The maximum Gasteiger partial charge on any atom is 0.328 e. The predicted molar refractivity (Wildman–Crippen MR) is 284 cm³/mol. The number of ether oxygens (including phenoxy) is 3. The third-order valence-corrected chi connectivity index (χ3v) is 14.5. The van der Waals surface area contributed by atoms with Crippen molar-refractivity contribution in [3.63, 3.8) is 0 Å². The Morgan fingerprint density at radius 2 is 1.16 bits per heavy atom. The quantitative estimate of drug-likeness (QED) is 0.0969. The number of likely N-dealkylation sites (tertiary alicyclic amines) is 2. The van der Waals surface area contributed by atoms with Crippen molar-refractivity contribution in [2.45, 2.75) is 105 Å². The maximum absolute atomic E-state index is 13.5. The number of aryl methyl sites for hydroxylation is 2. The molecular formula is C56H70N12O8. The number of aldehydes is 1. The normalized spacial score (nSPS) is 18.1. The van der Waals surface area contributed by atoms with Gasteiger partial charge in [0.25, 0.3) is 0 Å². The number of hydrogen-bond acceptors (Lipinski definition) is 14. The van der Waals surface area contributed by atoms with Gasteiger partial charge < -0.3 is 24.0 Å². The summed E-state index contributed by atoms with van der Waals surface area (Å²) in [4.78, 5) is 88.5. The van der Waals surface area contributed by atoms with E-state index in [1.54, 1.807) is 43.3 Å². The molecule has 0 bridgehead atoms. The molecule has 2 saturated heterocycles. The van der Waals surface area contributed by atoms with Crippen LogP contribution in [0, 0.1) is 46.3 Å². The van der Waals surface area contributed by atoms with E-state index in [-0.39, 0.29) is 53.3 Å². The standard InChI is InChI=1S/C29H38N6O4.C27H32N6O4/c1-18(17-38-4)11-22-13-25(31-15-24(22)14-30)32-29(37)35-9-6-7-21-12-23(16-34-10-8-19(2)28(34)36)26(20(3)39-5)33-27(21)35;1-17(16-37-3)9-20-11-24(29-13-22(20)12-28)31-27(36)33-7-4-5-19-10-21(23(15-34)30-25(19)33)14-32-8-6-18(2)26(32)35/h12-13,15,18-20H,6-11,16-17H2,1-5H3,(H,31,32,37);10-11,13,15,17-18H,4-9,14,16H2,1-3H3,(H,29,31,36)/t18-,19+,20?;17-,18+/m00/s1. The first-order valence-corrected chi connectivity index (χ1v) is 26.1. The summed E-state index contributed by atoms with van der Waals surface area (Å²) in [6.07, 6.45) is 9.29. The highest BCUT2D eigenvalue weighted by molar-refractivity contribution is 6.02. The number of pyridine rings is 4. The monoisotopic (exact) mass is 1040 g/mol. The number of anilines is 4. The molecule has 1 unspecified atom stereocenters. The molecular weight excluding hydrogens is 969 g/mol.